The van der Waals surface area contributed by atoms with E-state index in [1.54, 1.807) is 21.3 Å². The van der Waals surface area contributed by atoms with Crippen LogP contribution in [0, 0.1) is 0 Å². The van der Waals surface area contributed by atoms with Crippen LogP contribution in [0.25, 0.3) is 0 Å². The van der Waals surface area contributed by atoms with E-state index < -0.39 is 0 Å². The van der Waals surface area contributed by atoms with E-state index >= 15 is 0 Å². The third kappa shape index (κ3) is 5.63. The van der Waals surface area contributed by atoms with Crippen molar-refractivity contribution < 1.29 is 9.47 Å². The topological polar surface area (TPSA) is 58.1 Å². The molecule has 1 aromatic rings. The summed E-state index contributed by atoms with van der Waals surface area (Å²) >= 11 is 0. The molecule has 0 heterocycles. The van der Waals surface area contributed by atoms with Crippen LogP contribution in [-0.4, -0.2) is 58.8 Å². The van der Waals surface area contributed by atoms with Gasteiger partial charge in [0.2, 0.25) is 0 Å². The van der Waals surface area contributed by atoms with Crippen molar-refractivity contribution in [1.29, 1.82) is 0 Å². The minimum Gasteiger partial charge on any atom is -0.493 e. The minimum absolute atomic E-state index is 0.181. The fourth-order valence-corrected chi connectivity index (χ4v) is 2.32. The third-order valence-electron chi connectivity index (χ3n) is 3.53. The Morgan fingerprint density at radius 1 is 1.17 bits per heavy atom. The largest absolute Gasteiger partial charge is 0.493 e. The highest BCUT2D eigenvalue weighted by atomic mass is 16.5. The number of methoxy groups -OCH3 is 2. The van der Waals surface area contributed by atoms with E-state index in [1.165, 1.54) is 0 Å². The van der Waals surface area contributed by atoms with Crippen LogP contribution in [0.4, 0.5) is 0 Å². The number of guanidine groups is 1. The molecule has 23 heavy (non-hydrogen) atoms. The monoisotopic (exact) mass is 322 g/mol. The van der Waals surface area contributed by atoms with Crippen molar-refractivity contribution in [1.82, 2.24) is 15.5 Å². The quantitative estimate of drug-likeness (QED) is 0.593. The third-order valence-corrected chi connectivity index (χ3v) is 3.53. The molecule has 0 radical (unpaired) electrons. The molecule has 6 heteroatoms. The number of aliphatic imine (C=N–C) groups is 1. The van der Waals surface area contributed by atoms with Crippen LogP contribution in [0.2, 0.25) is 0 Å². The molecule has 1 aromatic carbocycles. The second kappa shape index (κ2) is 9.25. The van der Waals surface area contributed by atoms with Crippen LogP contribution in [0.3, 0.4) is 0 Å². The molecule has 130 valence electrons. The first-order chi connectivity index (χ1) is 10.9. The lowest BCUT2D eigenvalue weighted by Gasteiger charge is -2.27. The first kappa shape index (κ1) is 19.1. The molecular formula is C17H30N4O2. The maximum Gasteiger partial charge on any atom is 0.191 e. The van der Waals surface area contributed by atoms with Crippen molar-refractivity contribution in [2.45, 2.75) is 25.9 Å². The Balaban J connectivity index is 2.90. The summed E-state index contributed by atoms with van der Waals surface area (Å²) in [6.07, 6.45) is 0. The van der Waals surface area contributed by atoms with Crippen LogP contribution >= 0.6 is 0 Å². The summed E-state index contributed by atoms with van der Waals surface area (Å²) in [6, 6.07) is 6.53. The van der Waals surface area contributed by atoms with Gasteiger partial charge in [0.05, 0.1) is 20.3 Å². The summed E-state index contributed by atoms with van der Waals surface area (Å²) in [5.41, 5.74) is 1.15. The van der Waals surface area contributed by atoms with Gasteiger partial charge < -0.3 is 25.0 Å². The van der Waals surface area contributed by atoms with E-state index in [1.807, 2.05) is 12.1 Å². The molecule has 1 unspecified atom stereocenters. The maximum absolute atomic E-state index is 5.41. The Labute approximate surface area is 139 Å². The molecule has 0 saturated heterocycles. The van der Waals surface area contributed by atoms with Gasteiger partial charge in [-0.05, 0) is 45.6 Å². The van der Waals surface area contributed by atoms with Gasteiger partial charge >= 0.3 is 0 Å². The first-order valence-electron chi connectivity index (χ1n) is 7.78. The van der Waals surface area contributed by atoms with Gasteiger partial charge in [-0.2, -0.15) is 0 Å². The van der Waals surface area contributed by atoms with Gasteiger partial charge in [0.25, 0.3) is 0 Å². The van der Waals surface area contributed by atoms with Crippen molar-refractivity contribution in [3.8, 4) is 11.5 Å². The predicted molar refractivity (Wildman–Crippen MR) is 95.6 cm³/mol. The summed E-state index contributed by atoms with van der Waals surface area (Å²) in [4.78, 5) is 6.41. The molecule has 1 atom stereocenters. The van der Waals surface area contributed by atoms with Gasteiger partial charge in [0.15, 0.2) is 17.5 Å². The Morgan fingerprint density at radius 2 is 1.83 bits per heavy atom. The van der Waals surface area contributed by atoms with E-state index in [9.17, 15) is 0 Å². The number of rotatable bonds is 7. The molecule has 2 N–H and O–H groups in total. The average Bonchev–Trinajstić information content (AvgIpc) is 2.52. The lowest BCUT2D eigenvalue weighted by molar-refractivity contribution is 0.295. The summed E-state index contributed by atoms with van der Waals surface area (Å²) in [6.45, 7) is 4.91. The molecule has 0 saturated carbocycles. The standard InChI is InChI=1S/C17H30N4O2/c1-12(2)20-17(18-3)19-11-14(21(4)5)13-8-9-15(22-6)16(10-13)23-7/h8-10,12,14H,11H2,1-7H3,(H2,18,19,20). The van der Waals surface area contributed by atoms with Crippen molar-refractivity contribution >= 4 is 5.96 Å². The van der Waals surface area contributed by atoms with Crippen LogP contribution in [0.15, 0.2) is 23.2 Å². The molecular weight excluding hydrogens is 292 g/mol. The predicted octanol–water partition coefficient (Wildman–Crippen LogP) is 1.88. The summed E-state index contributed by atoms with van der Waals surface area (Å²) in [7, 11) is 9.19. The van der Waals surface area contributed by atoms with Gasteiger partial charge in [-0.1, -0.05) is 6.07 Å². The Bertz CT molecular complexity index is 515. The van der Waals surface area contributed by atoms with Crippen LogP contribution < -0.4 is 20.1 Å². The van der Waals surface area contributed by atoms with E-state index in [0.29, 0.717) is 6.04 Å². The van der Waals surface area contributed by atoms with Gasteiger partial charge in [0.1, 0.15) is 0 Å². The van der Waals surface area contributed by atoms with Gasteiger partial charge in [-0.3, -0.25) is 4.99 Å². The lowest BCUT2D eigenvalue weighted by atomic mass is 10.1. The number of nitrogens with zero attached hydrogens (tertiary/aromatic N) is 2. The highest BCUT2D eigenvalue weighted by Crippen LogP contribution is 2.31. The average molecular weight is 322 g/mol. The molecule has 6 nitrogen and oxygen atoms in total. The van der Waals surface area contributed by atoms with E-state index in [2.05, 4.69) is 54.5 Å². The molecule has 0 spiro atoms. The van der Waals surface area contributed by atoms with Crippen molar-refractivity contribution in [2.24, 2.45) is 4.99 Å². The zero-order chi connectivity index (χ0) is 17.4. The molecule has 0 aliphatic carbocycles. The highest BCUT2D eigenvalue weighted by Gasteiger charge is 2.17. The Morgan fingerprint density at radius 3 is 2.30 bits per heavy atom. The second-order valence-electron chi connectivity index (χ2n) is 5.85. The summed E-state index contributed by atoms with van der Waals surface area (Å²) in [5, 5.41) is 6.66. The lowest BCUT2D eigenvalue weighted by Crippen LogP contribution is -2.44. The van der Waals surface area contributed by atoms with E-state index in [-0.39, 0.29) is 6.04 Å². The van der Waals surface area contributed by atoms with Crippen molar-refractivity contribution in [2.75, 3.05) is 41.9 Å². The SMILES string of the molecule is CN=C(NCC(c1ccc(OC)c(OC)c1)N(C)C)NC(C)C. The number of ether oxygens (including phenoxy) is 2. The summed E-state index contributed by atoms with van der Waals surface area (Å²) in [5.74, 6) is 2.27. The molecule has 0 aliphatic rings. The Kier molecular flexibility index (Phi) is 7.68. The molecule has 1 rings (SSSR count). The molecule has 0 aromatic heterocycles. The zero-order valence-electron chi connectivity index (χ0n) is 15.3. The second-order valence-corrected chi connectivity index (χ2v) is 5.85. The minimum atomic E-state index is 0.181. The Hall–Kier alpha value is -1.95. The van der Waals surface area contributed by atoms with Crippen molar-refractivity contribution in [3.05, 3.63) is 23.8 Å². The fourth-order valence-electron chi connectivity index (χ4n) is 2.32. The van der Waals surface area contributed by atoms with Gasteiger partial charge in [-0.25, -0.2) is 0 Å². The van der Waals surface area contributed by atoms with E-state index in [0.717, 1.165) is 29.6 Å². The number of nitrogens with one attached hydrogen (secondary N) is 2. The van der Waals surface area contributed by atoms with Crippen LogP contribution in [-0.2, 0) is 0 Å². The van der Waals surface area contributed by atoms with Crippen molar-refractivity contribution in [3.63, 3.8) is 0 Å². The normalized spacial score (nSPS) is 13.2. The summed E-state index contributed by atoms with van der Waals surface area (Å²) < 4.78 is 10.7. The first-order valence-corrected chi connectivity index (χ1v) is 7.78. The molecule has 0 fully saturated rings. The molecule has 0 bridgehead atoms. The number of likely N-dealkylation sites (N-methyl/N-ethyl adjacent to an activating group) is 1. The number of hydrogen-bond acceptors (Lipinski definition) is 4. The maximum atomic E-state index is 5.41. The zero-order valence-corrected chi connectivity index (χ0v) is 15.3. The highest BCUT2D eigenvalue weighted by molar-refractivity contribution is 5.79. The van der Waals surface area contributed by atoms with E-state index in [4.69, 9.17) is 9.47 Å². The molecule has 0 amide bonds. The van der Waals surface area contributed by atoms with Crippen LogP contribution in [0.1, 0.15) is 25.5 Å². The van der Waals surface area contributed by atoms with Gasteiger partial charge in [0, 0.05) is 19.6 Å². The smallest absolute Gasteiger partial charge is 0.191 e. The number of hydrogen-bond donors (Lipinski definition) is 2. The number of benzene rings is 1. The van der Waals surface area contributed by atoms with Crippen LogP contribution in [0.5, 0.6) is 11.5 Å². The van der Waals surface area contributed by atoms with Gasteiger partial charge in [-0.15, -0.1) is 0 Å². The molecule has 0 aliphatic heterocycles. The fraction of sp³-hybridized carbons (Fsp3) is 0.588.